The van der Waals surface area contributed by atoms with Crippen molar-refractivity contribution in [2.75, 3.05) is 21.2 Å². The molecule has 0 saturated heterocycles. The molecule has 0 radical (unpaired) electrons. The fourth-order valence-corrected chi connectivity index (χ4v) is 2.28. The highest BCUT2D eigenvalue weighted by Gasteiger charge is 2.19. The third-order valence-electron chi connectivity index (χ3n) is 3.00. The molecule has 100 valence electrons. The number of hydrogen-bond donors (Lipinski definition) is 0. The summed E-state index contributed by atoms with van der Waals surface area (Å²) in [5.74, 6) is 0.832. The second-order valence-electron chi connectivity index (χ2n) is 4.73. The molecule has 0 saturated carbocycles. The summed E-state index contributed by atoms with van der Waals surface area (Å²) >= 11 is 6.16. The summed E-state index contributed by atoms with van der Waals surface area (Å²) in [7, 11) is 5.52. The topological polar surface area (TPSA) is 29.5 Å². The van der Waals surface area contributed by atoms with E-state index in [9.17, 15) is 4.79 Å². The van der Waals surface area contributed by atoms with Gasteiger partial charge in [0.1, 0.15) is 11.5 Å². The number of aryl methyl sites for hydroxylation is 1. The van der Waals surface area contributed by atoms with Crippen LogP contribution < -0.4 is 4.74 Å². The van der Waals surface area contributed by atoms with Gasteiger partial charge in [-0.3, -0.25) is 4.79 Å². The number of ether oxygens (including phenoxy) is 1. The highest BCUT2D eigenvalue weighted by molar-refractivity contribution is 6.32. The fourth-order valence-electron chi connectivity index (χ4n) is 2.03. The average Bonchev–Trinajstić information content (AvgIpc) is 2.28. The van der Waals surface area contributed by atoms with Gasteiger partial charge < -0.3 is 9.64 Å². The van der Waals surface area contributed by atoms with E-state index in [2.05, 4.69) is 0 Å². The van der Waals surface area contributed by atoms with Crippen LogP contribution in [0.2, 0.25) is 5.02 Å². The van der Waals surface area contributed by atoms with Crippen LogP contribution in [0.1, 0.15) is 30.5 Å². The lowest BCUT2D eigenvalue weighted by atomic mass is 9.96. The SMILES string of the molecule is COc1cc(C)c(C(CC(C)=O)N(C)C)cc1Cl. The molecule has 0 aliphatic heterocycles. The predicted molar refractivity (Wildman–Crippen MR) is 74.5 cm³/mol. The molecule has 18 heavy (non-hydrogen) atoms. The molecular weight excluding hydrogens is 250 g/mol. The first-order valence-electron chi connectivity index (χ1n) is 5.86. The smallest absolute Gasteiger partial charge is 0.137 e. The van der Waals surface area contributed by atoms with Gasteiger partial charge in [-0.05, 0) is 51.2 Å². The molecular formula is C14H20ClNO2. The Bertz CT molecular complexity index is 444. The lowest BCUT2D eigenvalue weighted by Gasteiger charge is -2.26. The number of methoxy groups -OCH3 is 1. The minimum atomic E-state index is 0.0471. The van der Waals surface area contributed by atoms with Gasteiger partial charge in [0.2, 0.25) is 0 Å². The third kappa shape index (κ3) is 3.47. The summed E-state index contributed by atoms with van der Waals surface area (Å²) in [5.41, 5.74) is 2.15. The molecule has 3 nitrogen and oxygen atoms in total. The first-order valence-corrected chi connectivity index (χ1v) is 6.24. The lowest BCUT2D eigenvalue weighted by Crippen LogP contribution is -2.23. The van der Waals surface area contributed by atoms with Crippen molar-refractivity contribution < 1.29 is 9.53 Å². The number of hydrogen-bond acceptors (Lipinski definition) is 3. The maximum absolute atomic E-state index is 11.4. The number of halogens is 1. The van der Waals surface area contributed by atoms with E-state index in [1.165, 1.54) is 0 Å². The lowest BCUT2D eigenvalue weighted by molar-refractivity contribution is -0.118. The summed E-state index contributed by atoms with van der Waals surface area (Å²) in [4.78, 5) is 13.4. The quantitative estimate of drug-likeness (QED) is 0.822. The summed E-state index contributed by atoms with van der Waals surface area (Å²) in [6.07, 6.45) is 0.483. The molecule has 0 aliphatic rings. The van der Waals surface area contributed by atoms with E-state index in [4.69, 9.17) is 16.3 Å². The standard InChI is InChI=1S/C14H20ClNO2/c1-9-6-14(18-5)12(15)8-11(9)13(16(3)4)7-10(2)17/h6,8,13H,7H2,1-5H3. The molecule has 1 aromatic rings. The van der Waals surface area contributed by atoms with Crippen molar-refractivity contribution in [2.24, 2.45) is 0 Å². The van der Waals surface area contributed by atoms with Crippen LogP contribution >= 0.6 is 11.6 Å². The van der Waals surface area contributed by atoms with Gasteiger partial charge in [-0.2, -0.15) is 0 Å². The van der Waals surface area contributed by atoms with Crippen LogP contribution in [-0.2, 0) is 4.79 Å². The van der Waals surface area contributed by atoms with E-state index in [1.807, 2.05) is 38.1 Å². The van der Waals surface area contributed by atoms with Gasteiger partial charge in [0.15, 0.2) is 0 Å². The zero-order valence-corrected chi connectivity index (χ0v) is 12.3. The molecule has 0 aliphatic carbocycles. The maximum Gasteiger partial charge on any atom is 0.137 e. The van der Waals surface area contributed by atoms with Crippen molar-refractivity contribution in [1.82, 2.24) is 4.90 Å². The van der Waals surface area contributed by atoms with Crippen LogP contribution in [0.4, 0.5) is 0 Å². The Kier molecular flexibility index (Phi) is 5.17. The molecule has 4 heteroatoms. The highest BCUT2D eigenvalue weighted by Crippen LogP contribution is 2.33. The summed E-state index contributed by atoms with van der Waals surface area (Å²) < 4.78 is 5.19. The van der Waals surface area contributed by atoms with E-state index >= 15 is 0 Å². The first-order chi connectivity index (χ1) is 8.36. The molecule has 0 amide bonds. The first kappa shape index (κ1) is 15.0. The van der Waals surface area contributed by atoms with Gasteiger partial charge in [-0.25, -0.2) is 0 Å². The minimum Gasteiger partial charge on any atom is -0.495 e. The Hall–Kier alpha value is -1.06. The van der Waals surface area contributed by atoms with Gasteiger partial charge in [-0.1, -0.05) is 11.6 Å². The van der Waals surface area contributed by atoms with Crippen molar-refractivity contribution in [2.45, 2.75) is 26.3 Å². The van der Waals surface area contributed by atoms with E-state index in [0.29, 0.717) is 17.2 Å². The van der Waals surface area contributed by atoms with Crippen molar-refractivity contribution >= 4 is 17.4 Å². The van der Waals surface area contributed by atoms with Crippen LogP contribution in [0.15, 0.2) is 12.1 Å². The molecule has 1 atom stereocenters. The highest BCUT2D eigenvalue weighted by atomic mass is 35.5. The van der Waals surface area contributed by atoms with Crippen LogP contribution in [0.25, 0.3) is 0 Å². The number of carbonyl (C=O) groups is 1. The number of rotatable bonds is 5. The minimum absolute atomic E-state index is 0.0471. The van der Waals surface area contributed by atoms with Crippen molar-refractivity contribution in [1.29, 1.82) is 0 Å². The van der Waals surface area contributed by atoms with Crippen LogP contribution in [0, 0.1) is 6.92 Å². The Balaban J connectivity index is 3.20. The summed E-state index contributed by atoms with van der Waals surface area (Å²) in [6, 6.07) is 3.85. The largest absolute Gasteiger partial charge is 0.495 e. The van der Waals surface area contributed by atoms with Crippen molar-refractivity contribution in [3.63, 3.8) is 0 Å². The van der Waals surface area contributed by atoms with Crippen LogP contribution in [0.3, 0.4) is 0 Å². The molecule has 0 heterocycles. The van der Waals surface area contributed by atoms with Crippen molar-refractivity contribution in [3.05, 3.63) is 28.3 Å². The molecule has 1 unspecified atom stereocenters. The molecule has 1 aromatic carbocycles. The van der Waals surface area contributed by atoms with Gasteiger partial charge in [-0.15, -0.1) is 0 Å². The fraction of sp³-hybridized carbons (Fsp3) is 0.500. The van der Waals surface area contributed by atoms with Gasteiger partial charge in [0.05, 0.1) is 12.1 Å². The molecule has 0 spiro atoms. The summed E-state index contributed by atoms with van der Waals surface area (Å²) in [6.45, 7) is 3.61. The second kappa shape index (κ2) is 6.21. The van der Waals surface area contributed by atoms with E-state index in [-0.39, 0.29) is 11.8 Å². The molecule has 0 fully saturated rings. The monoisotopic (exact) mass is 269 g/mol. The number of benzene rings is 1. The zero-order valence-electron chi connectivity index (χ0n) is 11.6. The molecule has 0 aromatic heterocycles. The Morgan fingerprint density at radius 2 is 2.06 bits per heavy atom. The van der Waals surface area contributed by atoms with E-state index in [0.717, 1.165) is 11.1 Å². The molecule has 1 rings (SSSR count). The Morgan fingerprint density at radius 1 is 1.44 bits per heavy atom. The average molecular weight is 270 g/mol. The number of ketones is 1. The molecule has 0 N–H and O–H groups in total. The summed E-state index contributed by atoms with van der Waals surface area (Å²) in [5, 5.41) is 0.577. The van der Waals surface area contributed by atoms with Crippen LogP contribution in [0.5, 0.6) is 5.75 Å². The number of carbonyl (C=O) groups excluding carboxylic acids is 1. The zero-order chi connectivity index (χ0) is 13.9. The Morgan fingerprint density at radius 3 is 2.50 bits per heavy atom. The van der Waals surface area contributed by atoms with E-state index in [1.54, 1.807) is 14.0 Å². The predicted octanol–water partition coefficient (Wildman–Crippen LogP) is 3.24. The molecule has 0 bridgehead atoms. The maximum atomic E-state index is 11.4. The van der Waals surface area contributed by atoms with Crippen molar-refractivity contribution in [3.8, 4) is 5.75 Å². The third-order valence-corrected chi connectivity index (χ3v) is 3.30. The normalized spacial score (nSPS) is 12.6. The number of nitrogens with zero attached hydrogens (tertiary/aromatic N) is 1. The Labute approximate surface area is 114 Å². The van der Waals surface area contributed by atoms with Gasteiger partial charge in [0.25, 0.3) is 0 Å². The van der Waals surface area contributed by atoms with Gasteiger partial charge in [0, 0.05) is 12.5 Å². The second-order valence-corrected chi connectivity index (χ2v) is 5.14. The van der Waals surface area contributed by atoms with Gasteiger partial charge >= 0.3 is 0 Å². The van der Waals surface area contributed by atoms with E-state index < -0.39 is 0 Å². The number of Topliss-reactive ketones (excluding diaryl/α,β-unsaturated/α-hetero) is 1. The van der Waals surface area contributed by atoms with Crippen LogP contribution in [-0.4, -0.2) is 31.9 Å².